The Kier molecular flexibility index (Phi) is 13.0. The smallest absolute Gasteiger partial charge is 0.408 e. The lowest BCUT2D eigenvalue weighted by molar-refractivity contribution is 0.134. The number of ether oxygens (including phenoxy) is 2. The molecule has 11 nitrogen and oxygen atoms in total. The van der Waals surface area contributed by atoms with E-state index in [4.69, 9.17) is 18.5 Å². The lowest BCUT2D eigenvalue weighted by Gasteiger charge is -2.31. The average Bonchev–Trinajstić information content (AvgIpc) is 3.95. The SMILES string of the molecule is C=C[C@@H]1C[C@]1(NC(=O)OCc1ccccc1)P(=O)(O)OCC.C=C[C@@H]1C[C@]1(NC(=O)OCc1ccccc1)P(=O)(OCC)C(C)C. The van der Waals surface area contributed by atoms with Crippen LogP contribution in [-0.4, -0.2) is 46.5 Å². The molecule has 2 aliphatic rings. The highest BCUT2D eigenvalue weighted by Gasteiger charge is 2.68. The van der Waals surface area contributed by atoms with Crippen LogP contribution in [0.2, 0.25) is 0 Å². The highest BCUT2D eigenvalue weighted by atomic mass is 31.2. The molecule has 2 fully saturated rings. The zero-order valence-corrected chi connectivity index (χ0v) is 28.7. The molecule has 0 bridgehead atoms. The Hall–Kier alpha value is -3.20. The van der Waals surface area contributed by atoms with E-state index < -0.39 is 37.7 Å². The van der Waals surface area contributed by atoms with E-state index in [0.29, 0.717) is 19.4 Å². The van der Waals surface area contributed by atoms with Gasteiger partial charge < -0.3 is 34.0 Å². The Morgan fingerprint density at radius 3 is 1.61 bits per heavy atom. The summed E-state index contributed by atoms with van der Waals surface area (Å²) < 4.78 is 46.7. The molecule has 46 heavy (non-hydrogen) atoms. The minimum absolute atomic E-state index is 0.0680. The standard InChI is InChI=1S/C18H26NO4P.C15H20NO5P/c1-5-16-12-18(16,24(21,14(3)4)23-6-2)19-17(20)22-13-15-10-8-7-9-11-15;1-3-13-10-15(13,22(18,19)21-4-2)16-14(17)20-11-12-8-6-5-7-9-12/h5,7-11,14,16H,1,6,12-13H2,2-4H3,(H,19,20);3,5-9,13H,1,4,10-11H2,2H3,(H,16,17)(H,18,19)/t16-,18+,24?;13-,15+/m11/s1. The molecule has 2 aromatic carbocycles. The van der Waals surface area contributed by atoms with E-state index in [2.05, 4.69) is 23.8 Å². The summed E-state index contributed by atoms with van der Waals surface area (Å²) >= 11 is 0. The molecule has 2 aromatic rings. The molecule has 0 heterocycles. The number of benzene rings is 2. The Morgan fingerprint density at radius 1 is 0.826 bits per heavy atom. The van der Waals surface area contributed by atoms with Gasteiger partial charge in [0.25, 0.3) is 0 Å². The van der Waals surface area contributed by atoms with Crippen molar-refractivity contribution < 1.29 is 42.1 Å². The fourth-order valence-electron chi connectivity index (χ4n) is 5.31. The van der Waals surface area contributed by atoms with Crippen molar-refractivity contribution >= 4 is 27.2 Å². The number of rotatable bonds is 15. The molecule has 2 saturated carbocycles. The third-order valence-electron chi connectivity index (χ3n) is 7.97. The van der Waals surface area contributed by atoms with Gasteiger partial charge in [-0.1, -0.05) is 86.7 Å². The van der Waals surface area contributed by atoms with Crippen molar-refractivity contribution in [2.24, 2.45) is 11.8 Å². The fourth-order valence-corrected chi connectivity index (χ4v) is 10.2. The van der Waals surface area contributed by atoms with Gasteiger partial charge in [-0.25, -0.2) is 9.59 Å². The van der Waals surface area contributed by atoms with Crippen LogP contribution >= 0.6 is 15.0 Å². The van der Waals surface area contributed by atoms with E-state index in [-0.39, 0.29) is 37.3 Å². The van der Waals surface area contributed by atoms with E-state index in [1.165, 1.54) is 0 Å². The third kappa shape index (κ3) is 8.58. The molecule has 2 amide bonds. The van der Waals surface area contributed by atoms with Gasteiger partial charge in [-0.05, 0) is 37.8 Å². The molecule has 3 N–H and O–H groups in total. The number of hydrogen-bond acceptors (Lipinski definition) is 8. The molecular formula is C33H46N2O9P2. The molecular weight excluding hydrogens is 630 g/mol. The Morgan fingerprint density at radius 2 is 1.24 bits per heavy atom. The predicted octanol–water partition coefficient (Wildman–Crippen LogP) is 7.57. The molecule has 4 rings (SSSR count). The molecule has 6 atom stereocenters. The lowest BCUT2D eigenvalue weighted by atomic mass is 10.2. The first-order chi connectivity index (χ1) is 21.8. The van der Waals surface area contributed by atoms with Crippen LogP contribution in [0.1, 0.15) is 51.7 Å². The van der Waals surface area contributed by atoms with Crippen molar-refractivity contribution in [3.63, 3.8) is 0 Å². The first-order valence-electron chi connectivity index (χ1n) is 15.3. The van der Waals surface area contributed by atoms with Crippen LogP contribution in [0.3, 0.4) is 0 Å². The van der Waals surface area contributed by atoms with Gasteiger partial charge in [-0.2, -0.15) is 0 Å². The van der Waals surface area contributed by atoms with Crippen LogP contribution in [0.4, 0.5) is 9.59 Å². The molecule has 2 unspecified atom stereocenters. The predicted molar refractivity (Wildman–Crippen MR) is 177 cm³/mol. The van der Waals surface area contributed by atoms with Gasteiger partial charge in [0.1, 0.15) is 18.5 Å². The second kappa shape index (κ2) is 16.1. The zero-order valence-electron chi connectivity index (χ0n) is 26.9. The molecule has 2 aliphatic carbocycles. The molecule has 0 radical (unpaired) electrons. The quantitative estimate of drug-likeness (QED) is 0.128. The van der Waals surface area contributed by atoms with Crippen LogP contribution in [0.5, 0.6) is 0 Å². The van der Waals surface area contributed by atoms with Crippen molar-refractivity contribution in [3.05, 3.63) is 97.1 Å². The van der Waals surface area contributed by atoms with E-state index in [1.54, 1.807) is 19.1 Å². The number of alkyl carbamates (subject to hydrolysis) is 2. The van der Waals surface area contributed by atoms with Gasteiger partial charge >= 0.3 is 19.8 Å². The van der Waals surface area contributed by atoms with Crippen LogP contribution < -0.4 is 10.6 Å². The first-order valence-corrected chi connectivity index (χ1v) is 18.6. The first kappa shape index (κ1) is 37.3. The summed E-state index contributed by atoms with van der Waals surface area (Å²) in [4.78, 5) is 34.2. The number of nitrogens with one attached hydrogen (secondary N) is 2. The molecule has 0 aromatic heterocycles. The molecule has 0 spiro atoms. The maximum atomic E-state index is 13.4. The van der Waals surface area contributed by atoms with Gasteiger partial charge in [0.15, 0.2) is 5.28 Å². The van der Waals surface area contributed by atoms with Crippen LogP contribution in [0.15, 0.2) is 86.0 Å². The van der Waals surface area contributed by atoms with E-state index in [1.807, 2.05) is 81.4 Å². The normalized spacial score (nSPS) is 25.3. The van der Waals surface area contributed by atoms with Crippen molar-refractivity contribution in [1.29, 1.82) is 0 Å². The van der Waals surface area contributed by atoms with Crippen molar-refractivity contribution in [2.45, 2.75) is 70.0 Å². The second-order valence-corrected chi connectivity index (χ2v) is 16.7. The number of amides is 2. The van der Waals surface area contributed by atoms with Crippen molar-refractivity contribution in [1.82, 2.24) is 10.6 Å². The summed E-state index contributed by atoms with van der Waals surface area (Å²) in [5.74, 6) is -0.374. The largest absolute Gasteiger partial charge is 0.445 e. The monoisotopic (exact) mass is 676 g/mol. The Bertz CT molecular complexity index is 1440. The molecule has 252 valence electrons. The second-order valence-electron chi connectivity index (χ2n) is 11.4. The van der Waals surface area contributed by atoms with Gasteiger partial charge in [0.2, 0.25) is 7.37 Å². The van der Waals surface area contributed by atoms with Crippen LogP contribution in [-0.2, 0) is 40.9 Å². The fraction of sp³-hybridized carbons (Fsp3) is 0.455. The summed E-state index contributed by atoms with van der Waals surface area (Å²) in [6.45, 7) is 15.2. The van der Waals surface area contributed by atoms with Gasteiger partial charge in [-0.3, -0.25) is 9.13 Å². The van der Waals surface area contributed by atoms with E-state index in [0.717, 1.165) is 11.1 Å². The Balaban J connectivity index is 0.000000251. The summed E-state index contributed by atoms with van der Waals surface area (Å²) in [5.41, 5.74) is 1.53. The highest BCUT2D eigenvalue weighted by molar-refractivity contribution is 7.61. The summed E-state index contributed by atoms with van der Waals surface area (Å²) in [5, 5.41) is 3.10. The van der Waals surface area contributed by atoms with Gasteiger partial charge in [0.05, 0.1) is 13.2 Å². The number of carbonyl (C=O) groups is 2. The topological polar surface area (TPSA) is 149 Å². The lowest BCUT2D eigenvalue weighted by Crippen LogP contribution is -2.41. The summed E-state index contributed by atoms with van der Waals surface area (Å²) in [7, 11) is -7.08. The van der Waals surface area contributed by atoms with Gasteiger partial charge in [-0.15, -0.1) is 13.2 Å². The maximum absolute atomic E-state index is 13.4. The number of carbonyl (C=O) groups excluding carboxylic acids is 2. The highest BCUT2D eigenvalue weighted by Crippen LogP contribution is 2.74. The molecule has 0 saturated heterocycles. The van der Waals surface area contributed by atoms with E-state index in [9.17, 15) is 23.6 Å². The maximum Gasteiger partial charge on any atom is 0.408 e. The molecule has 0 aliphatic heterocycles. The minimum atomic E-state index is -3.99. The summed E-state index contributed by atoms with van der Waals surface area (Å²) in [6, 6.07) is 18.6. The van der Waals surface area contributed by atoms with Crippen molar-refractivity contribution in [2.75, 3.05) is 13.2 Å². The summed E-state index contributed by atoms with van der Waals surface area (Å²) in [6.07, 6.45) is 2.81. The molecule has 13 heteroatoms. The minimum Gasteiger partial charge on any atom is -0.445 e. The van der Waals surface area contributed by atoms with Crippen molar-refractivity contribution in [3.8, 4) is 0 Å². The van der Waals surface area contributed by atoms with Crippen LogP contribution in [0, 0.1) is 11.8 Å². The third-order valence-corrected chi connectivity index (χ3v) is 13.9. The Labute approximate surface area is 271 Å². The zero-order chi connectivity index (χ0) is 34.0. The van der Waals surface area contributed by atoms with Gasteiger partial charge in [0, 0.05) is 17.5 Å². The van der Waals surface area contributed by atoms with Crippen LogP contribution in [0.25, 0.3) is 0 Å². The van der Waals surface area contributed by atoms with E-state index >= 15 is 0 Å². The number of hydrogen-bond donors (Lipinski definition) is 3. The average molecular weight is 677 g/mol.